The molecule has 2 aromatic rings. The quantitative estimate of drug-likeness (QED) is 0.605. The molecule has 1 aliphatic rings. The molecular formula is C21H26ClN3O2. The van der Waals surface area contributed by atoms with Crippen LogP contribution in [0.3, 0.4) is 0 Å². The molecule has 2 unspecified atom stereocenters. The fourth-order valence-corrected chi connectivity index (χ4v) is 3.21. The van der Waals surface area contributed by atoms with Crippen molar-refractivity contribution in [2.45, 2.75) is 32.4 Å². The number of amides is 1. The molecule has 1 fully saturated rings. The summed E-state index contributed by atoms with van der Waals surface area (Å²) in [6.07, 6.45) is 2.16. The van der Waals surface area contributed by atoms with Gasteiger partial charge in [0.25, 0.3) is 0 Å². The van der Waals surface area contributed by atoms with E-state index in [9.17, 15) is 4.79 Å². The van der Waals surface area contributed by atoms with Gasteiger partial charge in [-0.3, -0.25) is 10.2 Å². The highest BCUT2D eigenvalue weighted by Crippen LogP contribution is 2.27. The molecule has 144 valence electrons. The number of ether oxygens (including phenoxy) is 1. The maximum absolute atomic E-state index is 12.7. The van der Waals surface area contributed by atoms with Crippen molar-refractivity contribution in [1.29, 1.82) is 0 Å². The number of carbonyl (C=O) groups is 1. The Balaban J connectivity index is 1.57. The van der Waals surface area contributed by atoms with Crippen LogP contribution < -0.4 is 20.9 Å². The lowest BCUT2D eigenvalue weighted by molar-refractivity contribution is -0.125. The van der Waals surface area contributed by atoms with E-state index in [4.69, 9.17) is 16.3 Å². The maximum Gasteiger partial charge on any atom is 0.226 e. The van der Waals surface area contributed by atoms with Gasteiger partial charge in [0, 0.05) is 18.1 Å². The highest BCUT2D eigenvalue weighted by atomic mass is 35.5. The monoisotopic (exact) mass is 387 g/mol. The van der Waals surface area contributed by atoms with Gasteiger partial charge >= 0.3 is 0 Å². The Hall–Kier alpha value is -2.08. The predicted octanol–water partition coefficient (Wildman–Crippen LogP) is 3.60. The third kappa shape index (κ3) is 5.45. The van der Waals surface area contributed by atoms with Gasteiger partial charge in [0.05, 0.1) is 18.6 Å². The van der Waals surface area contributed by atoms with Crippen molar-refractivity contribution in [1.82, 2.24) is 16.2 Å². The van der Waals surface area contributed by atoms with E-state index in [1.54, 1.807) is 0 Å². The Morgan fingerprint density at radius 2 is 1.93 bits per heavy atom. The Kier molecular flexibility index (Phi) is 7.10. The Labute approximate surface area is 165 Å². The summed E-state index contributed by atoms with van der Waals surface area (Å²) in [5, 5.41) is 3.71. The van der Waals surface area contributed by atoms with Crippen LogP contribution in [0.5, 0.6) is 5.75 Å². The van der Waals surface area contributed by atoms with Crippen LogP contribution in [0.15, 0.2) is 48.5 Å². The van der Waals surface area contributed by atoms with Crippen LogP contribution in [0.25, 0.3) is 0 Å². The lowest BCUT2D eigenvalue weighted by Crippen LogP contribution is -2.34. The van der Waals surface area contributed by atoms with Gasteiger partial charge in [0.15, 0.2) is 0 Å². The standard InChI is InChI=1S/C21H26ClN3O2/c1-2-3-12-27-18-10-6-16(7-11-18)20-19(14-24-25-20)21(26)23-13-15-4-8-17(22)9-5-15/h4-11,19-20,24-25H,2-3,12-14H2,1H3,(H,23,26). The molecule has 3 rings (SSSR count). The van der Waals surface area contributed by atoms with E-state index >= 15 is 0 Å². The number of nitrogens with one attached hydrogen (secondary N) is 3. The van der Waals surface area contributed by atoms with E-state index in [1.807, 2.05) is 48.5 Å². The number of unbranched alkanes of at least 4 members (excludes halogenated alkanes) is 1. The van der Waals surface area contributed by atoms with Gasteiger partial charge in [-0.1, -0.05) is 49.2 Å². The number of carbonyl (C=O) groups excluding carboxylic acids is 1. The summed E-state index contributed by atoms with van der Waals surface area (Å²) in [6, 6.07) is 15.4. The van der Waals surface area contributed by atoms with Crippen molar-refractivity contribution in [3.8, 4) is 5.75 Å². The zero-order valence-corrected chi connectivity index (χ0v) is 16.3. The Bertz CT molecular complexity index is 734. The maximum atomic E-state index is 12.7. The number of hydrogen-bond donors (Lipinski definition) is 3. The fourth-order valence-electron chi connectivity index (χ4n) is 3.09. The second-order valence-electron chi connectivity index (χ2n) is 6.72. The van der Waals surface area contributed by atoms with Gasteiger partial charge in [-0.2, -0.15) is 0 Å². The predicted molar refractivity (Wildman–Crippen MR) is 108 cm³/mol. The molecule has 0 aromatic heterocycles. The minimum Gasteiger partial charge on any atom is -0.494 e. The largest absolute Gasteiger partial charge is 0.494 e. The smallest absolute Gasteiger partial charge is 0.226 e. The van der Waals surface area contributed by atoms with Gasteiger partial charge in [-0.25, -0.2) is 5.43 Å². The van der Waals surface area contributed by atoms with Crippen molar-refractivity contribution in [2.75, 3.05) is 13.2 Å². The summed E-state index contributed by atoms with van der Waals surface area (Å²) < 4.78 is 5.71. The van der Waals surface area contributed by atoms with Gasteiger partial charge in [-0.05, 0) is 41.8 Å². The number of benzene rings is 2. The molecule has 0 bridgehead atoms. The molecule has 27 heavy (non-hydrogen) atoms. The van der Waals surface area contributed by atoms with Crippen LogP contribution in [0.1, 0.15) is 36.9 Å². The first-order valence-electron chi connectivity index (χ1n) is 9.40. The molecule has 1 aliphatic heterocycles. The normalized spacial score (nSPS) is 19.0. The summed E-state index contributed by atoms with van der Waals surface area (Å²) >= 11 is 5.90. The lowest BCUT2D eigenvalue weighted by Gasteiger charge is -2.19. The molecule has 0 saturated carbocycles. The van der Waals surface area contributed by atoms with E-state index < -0.39 is 0 Å². The van der Waals surface area contributed by atoms with E-state index in [1.165, 1.54) is 0 Å². The molecule has 0 radical (unpaired) electrons. The molecule has 1 amide bonds. The molecular weight excluding hydrogens is 362 g/mol. The summed E-state index contributed by atoms with van der Waals surface area (Å²) in [6.45, 7) is 3.95. The zero-order valence-electron chi connectivity index (χ0n) is 15.5. The van der Waals surface area contributed by atoms with Crippen molar-refractivity contribution in [3.63, 3.8) is 0 Å². The number of hydrazine groups is 1. The molecule has 6 heteroatoms. The van der Waals surface area contributed by atoms with Crippen LogP contribution in [0, 0.1) is 5.92 Å². The van der Waals surface area contributed by atoms with Crippen LogP contribution in [0.2, 0.25) is 5.02 Å². The Morgan fingerprint density at radius 1 is 1.19 bits per heavy atom. The molecule has 1 heterocycles. The highest BCUT2D eigenvalue weighted by molar-refractivity contribution is 6.30. The first kappa shape index (κ1) is 19.7. The van der Waals surface area contributed by atoms with Gasteiger partial charge in [-0.15, -0.1) is 0 Å². The summed E-state index contributed by atoms with van der Waals surface area (Å²) in [5.41, 5.74) is 8.41. The van der Waals surface area contributed by atoms with E-state index in [-0.39, 0.29) is 17.9 Å². The second-order valence-corrected chi connectivity index (χ2v) is 7.16. The van der Waals surface area contributed by atoms with Crippen molar-refractivity contribution >= 4 is 17.5 Å². The molecule has 0 spiro atoms. The topological polar surface area (TPSA) is 62.4 Å². The van der Waals surface area contributed by atoms with Crippen molar-refractivity contribution in [2.24, 2.45) is 5.92 Å². The lowest BCUT2D eigenvalue weighted by atomic mass is 9.94. The van der Waals surface area contributed by atoms with E-state index in [0.29, 0.717) is 18.1 Å². The van der Waals surface area contributed by atoms with Gasteiger partial charge in [0.2, 0.25) is 5.91 Å². The third-order valence-electron chi connectivity index (χ3n) is 4.70. The van der Waals surface area contributed by atoms with Crippen LogP contribution >= 0.6 is 11.6 Å². The SMILES string of the molecule is CCCCOc1ccc(C2NNCC2C(=O)NCc2ccc(Cl)cc2)cc1. The van der Waals surface area contributed by atoms with E-state index in [0.717, 1.165) is 36.3 Å². The van der Waals surface area contributed by atoms with Crippen molar-refractivity contribution in [3.05, 3.63) is 64.7 Å². The van der Waals surface area contributed by atoms with Gasteiger partial charge < -0.3 is 10.1 Å². The van der Waals surface area contributed by atoms with Crippen LogP contribution in [0.4, 0.5) is 0 Å². The number of halogens is 1. The molecule has 0 aliphatic carbocycles. The average Bonchev–Trinajstić information content (AvgIpc) is 3.18. The number of hydrogen-bond acceptors (Lipinski definition) is 4. The summed E-state index contributed by atoms with van der Waals surface area (Å²) in [4.78, 5) is 12.7. The van der Waals surface area contributed by atoms with Crippen LogP contribution in [-0.2, 0) is 11.3 Å². The fraction of sp³-hybridized carbons (Fsp3) is 0.381. The molecule has 3 N–H and O–H groups in total. The summed E-state index contributed by atoms with van der Waals surface area (Å²) in [7, 11) is 0. The second kappa shape index (κ2) is 9.74. The van der Waals surface area contributed by atoms with Crippen LogP contribution in [-0.4, -0.2) is 19.1 Å². The van der Waals surface area contributed by atoms with Crippen molar-refractivity contribution < 1.29 is 9.53 Å². The first-order chi connectivity index (χ1) is 13.2. The molecule has 1 saturated heterocycles. The minimum atomic E-state index is -0.177. The molecule has 2 atom stereocenters. The molecule has 5 nitrogen and oxygen atoms in total. The van der Waals surface area contributed by atoms with Gasteiger partial charge in [0.1, 0.15) is 5.75 Å². The average molecular weight is 388 g/mol. The molecule has 2 aromatic carbocycles. The highest BCUT2D eigenvalue weighted by Gasteiger charge is 2.33. The summed E-state index contributed by atoms with van der Waals surface area (Å²) in [5.74, 6) is 0.710. The minimum absolute atomic E-state index is 0.0238. The third-order valence-corrected chi connectivity index (χ3v) is 4.96. The number of rotatable bonds is 8. The first-order valence-corrected chi connectivity index (χ1v) is 9.78. The zero-order chi connectivity index (χ0) is 19.1. The van der Waals surface area contributed by atoms with E-state index in [2.05, 4.69) is 23.1 Å². The Morgan fingerprint density at radius 3 is 2.63 bits per heavy atom.